The Kier molecular flexibility index (Phi) is 4.93. The Hall–Kier alpha value is -0.940. The van der Waals surface area contributed by atoms with Gasteiger partial charge >= 0.3 is 0 Å². The Bertz CT molecular complexity index is 438. The maximum atomic E-state index is 12.7. The molecule has 2 heterocycles. The second-order valence-corrected chi connectivity index (χ2v) is 6.33. The van der Waals surface area contributed by atoms with Gasteiger partial charge in [-0.15, -0.1) is 11.3 Å². The van der Waals surface area contributed by atoms with Crippen LogP contribution < -0.4 is 5.32 Å². The molecular weight excluding hydrogens is 258 g/mol. The summed E-state index contributed by atoms with van der Waals surface area (Å²) in [5, 5.41) is 4.33. The van der Waals surface area contributed by atoms with E-state index in [9.17, 15) is 4.79 Å². The molecule has 0 spiro atoms. The van der Waals surface area contributed by atoms with Crippen LogP contribution in [0, 0.1) is 13.8 Å². The zero-order valence-electron chi connectivity index (χ0n) is 12.0. The van der Waals surface area contributed by atoms with Crippen LogP contribution in [0.1, 0.15) is 46.6 Å². The van der Waals surface area contributed by atoms with Gasteiger partial charge in [0, 0.05) is 12.6 Å². The van der Waals surface area contributed by atoms with Gasteiger partial charge in [-0.1, -0.05) is 6.92 Å². The Balaban J connectivity index is 2.17. The van der Waals surface area contributed by atoms with Crippen LogP contribution in [0.3, 0.4) is 0 Å². The lowest BCUT2D eigenvalue weighted by atomic mass is 10.0. The van der Waals surface area contributed by atoms with Crippen molar-refractivity contribution in [2.24, 2.45) is 0 Å². The molecule has 1 aliphatic heterocycles. The average molecular weight is 281 g/mol. The van der Waals surface area contributed by atoms with Crippen molar-refractivity contribution in [2.75, 3.05) is 19.6 Å². The number of rotatable bonds is 4. The Morgan fingerprint density at radius 3 is 2.63 bits per heavy atom. The minimum Gasteiger partial charge on any atom is -0.335 e. The van der Waals surface area contributed by atoms with Crippen molar-refractivity contribution in [3.05, 3.63) is 15.6 Å². The maximum absolute atomic E-state index is 12.7. The van der Waals surface area contributed by atoms with Gasteiger partial charge in [0.25, 0.3) is 5.91 Å². The highest BCUT2D eigenvalue weighted by Crippen LogP contribution is 2.22. The lowest BCUT2D eigenvalue weighted by Crippen LogP contribution is -2.46. The number of nitrogens with zero attached hydrogens (tertiary/aromatic N) is 2. The van der Waals surface area contributed by atoms with E-state index in [4.69, 9.17) is 0 Å². The molecule has 1 saturated heterocycles. The molecule has 0 atom stereocenters. The van der Waals surface area contributed by atoms with Gasteiger partial charge in [-0.2, -0.15) is 0 Å². The highest BCUT2D eigenvalue weighted by molar-refractivity contribution is 7.13. The number of carbonyl (C=O) groups is 1. The lowest BCUT2D eigenvalue weighted by Gasteiger charge is -2.34. The van der Waals surface area contributed by atoms with Crippen molar-refractivity contribution in [2.45, 2.75) is 46.1 Å². The van der Waals surface area contributed by atoms with Crippen molar-refractivity contribution in [3.8, 4) is 0 Å². The predicted octanol–water partition coefficient (Wildman–Crippen LogP) is 2.36. The summed E-state index contributed by atoms with van der Waals surface area (Å²) in [7, 11) is 0. The molecule has 1 fully saturated rings. The molecule has 1 aromatic heterocycles. The molecule has 0 radical (unpaired) electrons. The van der Waals surface area contributed by atoms with Gasteiger partial charge in [-0.25, -0.2) is 4.98 Å². The van der Waals surface area contributed by atoms with E-state index in [0.717, 1.165) is 54.5 Å². The molecule has 0 aliphatic carbocycles. The van der Waals surface area contributed by atoms with Gasteiger partial charge < -0.3 is 10.2 Å². The first kappa shape index (κ1) is 14.5. The minimum absolute atomic E-state index is 0.178. The molecule has 4 nitrogen and oxygen atoms in total. The molecule has 1 amide bonds. The molecule has 19 heavy (non-hydrogen) atoms. The van der Waals surface area contributed by atoms with Crippen molar-refractivity contribution in [1.82, 2.24) is 15.2 Å². The largest absolute Gasteiger partial charge is 0.335 e. The summed E-state index contributed by atoms with van der Waals surface area (Å²) in [6.07, 6.45) is 3.12. The zero-order chi connectivity index (χ0) is 13.8. The normalized spacial score (nSPS) is 16.6. The smallest absolute Gasteiger partial charge is 0.266 e. The highest BCUT2D eigenvalue weighted by Gasteiger charge is 2.27. The molecule has 0 saturated carbocycles. The fourth-order valence-electron chi connectivity index (χ4n) is 2.67. The van der Waals surface area contributed by atoms with Gasteiger partial charge in [0.1, 0.15) is 4.88 Å². The Labute approximate surface area is 119 Å². The number of carbonyl (C=O) groups excluding carboxylic acids is 1. The van der Waals surface area contributed by atoms with Gasteiger partial charge in [0.05, 0.1) is 10.7 Å². The SMILES string of the molecule is CCCN(C(=O)c1sc(C)nc1C)C1CCNCC1. The number of piperidine rings is 1. The van der Waals surface area contributed by atoms with Crippen LogP contribution in [0.2, 0.25) is 0 Å². The topological polar surface area (TPSA) is 45.2 Å². The van der Waals surface area contributed by atoms with Crippen LogP contribution in [0.25, 0.3) is 0 Å². The third kappa shape index (κ3) is 3.34. The number of hydrogen-bond acceptors (Lipinski definition) is 4. The standard InChI is InChI=1S/C14H23N3OS/c1-4-9-17(12-5-7-15-8-6-12)14(18)13-10(2)16-11(3)19-13/h12,15H,4-9H2,1-3H3. The molecule has 0 bridgehead atoms. The Morgan fingerprint density at radius 1 is 1.42 bits per heavy atom. The molecule has 1 aliphatic rings. The van der Waals surface area contributed by atoms with Gasteiger partial charge in [-0.3, -0.25) is 4.79 Å². The minimum atomic E-state index is 0.178. The third-order valence-corrected chi connectivity index (χ3v) is 4.63. The molecule has 106 valence electrons. The van der Waals surface area contributed by atoms with E-state index in [-0.39, 0.29) is 5.91 Å². The number of amides is 1. The van der Waals surface area contributed by atoms with Crippen molar-refractivity contribution in [1.29, 1.82) is 0 Å². The van der Waals surface area contributed by atoms with Crippen LogP contribution in [0.15, 0.2) is 0 Å². The molecule has 2 rings (SSSR count). The zero-order valence-corrected chi connectivity index (χ0v) is 12.8. The van der Waals surface area contributed by atoms with E-state index in [1.165, 1.54) is 11.3 Å². The summed E-state index contributed by atoms with van der Waals surface area (Å²) < 4.78 is 0. The van der Waals surface area contributed by atoms with Crippen LogP contribution in [0.4, 0.5) is 0 Å². The van der Waals surface area contributed by atoms with Crippen LogP contribution >= 0.6 is 11.3 Å². The van der Waals surface area contributed by atoms with E-state index in [2.05, 4.69) is 22.1 Å². The van der Waals surface area contributed by atoms with Crippen LogP contribution in [-0.4, -0.2) is 41.5 Å². The first-order chi connectivity index (χ1) is 9.13. The van der Waals surface area contributed by atoms with Gasteiger partial charge in [0.15, 0.2) is 0 Å². The van der Waals surface area contributed by atoms with Gasteiger partial charge in [0.2, 0.25) is 0 Å². The molecule has 0 unspecified atom stereocenters. The number of hydrogen-bond donors (Lipinski definition) is 1. The first-order valence-electron chi connectivity index (χ1n) is 7.09. The molecule has 5 heteroatoms. The summed E-state index contributed by atoms with van der Waals surface area (Å²) in [6, 6.07) is 0.385. The lowest BCUT2D eigenvalue weighted by molar-refractivity contribution is 0.0646. The molecule has 1 aromatic rings. The molecule has 0 aromatic carbocycles. The third-order valence-electron chi connectivity index (χ3n) is 3.57. The van der Waals surface area contributed by atoms with Gasteiger partial charge in [-0.05, 0) is 46.2 Å². The van der Waals surface area contributed by atoms with Crippen molar-refractivity contribution >= 4 is 17.2 Å². The predicted molar refractivity (Wildman–Crippen MR) is 78.8 cm³/mol. The summed E-state index contributed by atoms with van der Waals surface area (Å²) >= 11 is 1.52. The average Bonchev–Trinajstić information content (AvgIpc) is 2.75. The van der Waals surface area contributed by atoms with E-state index in [0.29, 0.717) is 6.04 Å². The van der Waals surface area contributed by atoms with E-state index < -0.39 is 0 Å². The molecule has 1 N–H and O–H groups in total. The monoisotopic (exact) mass is 281 g/mol. The van der Waals surface area contributed by atoms with Crippen molar-refractivity contribution in [3.63, 3.8) is 0 Å². The second-order valence-electron chi connectivity index (χ2n) is 5.13. The van der Waals surface area contributed by atoms with E-state index >= 15 is 0 Å². The van der Waals surface area contributed by atoms with E-state index in [1.54, 1.807) is 0 Å². The fraction of sp³-hybridized carbons (Fsp3) is 0.714. The van der Waals surface area contributed by atoms with Crippen LogP contribution in [0.5, 0.6) is 0 Å². The van der Waals surface area contributed by atoms with Crippen LogP contribution in [-0.2, 0) is 0 Å². The number of nitrogens with one attached hydrogen (secondary N) is 1. The number of aryl methyl sites for hydroxylation is 2. The summed E-state index contributed by atoms with van der Waals surface area (Å²) in [5.41, 5.74) is 0.877. The fourth-order valence-corrected chi connectivity index (χ4v) is 3.55. The highest BCUT2D eigenvalue weighted by atomic mass is 32.1. The van der Waals surface area contributed by atoms with E-state index in [1.807, 2.05) is 13.8 Å². The Morgan fingerprint density at radius 2 is 2.11 bits per heavy atom. The first-order valence-corrected chi connectivity index (χ1v) is 7.90. The quantitative estimate of drug-likeness (QED) is 0.921. The number of thiazole rings is 1. The summed E-state index contributed by atoms with van der Waals surface area (Å²) in [5.74, 6) is 0.178. The summed E-state index contributed by atoms with van der Waals surface area (Å²) in [4.78, 5) is 20.0. The van der Waals surface area contributed by atoms with Crippen molar-refractivity contribution < 1.29 is 4.79 Å². The molecular formula is C14H23N3OS. The second kappa shape index (κ2) is 6.48. The maximum Gasteiger partial charge on any atom is 0.266 e. The number of aromatic nitrogens is 1. The summed E-state index contributed by atoms with van der Waals surface area (Å²) in [6.45, 7) is 8.90.